The Kier molecular flexibility index (Phi) is 2.72. The third-order valence-electron chi connectivity index (χ3n) is 1.66. The first-order chi connectivity index (χ1) is 5.52. The van der Waals surface area contributed by atoms with Crippen LogP contribution in [0.5, 0.6) is 5.75 Å². The van der Waals surface area contributed by atoms with Gasteiger partial charge in [-0.3, -0.25) is 4.79 Å². The summed E-state index contributed by atoms with van der Waals surface area (Å²) in [7, 11) is 0. The third-order valence-corrected chi connectivity index (χ3v) is 2.82. The van der Waals surface area contributed by atoms with Gasteiger partial charge in [-0.05, 0) is 54.1 Å². The number of carbonyl (C=O) groups is 1. The largest absolute Gasteiger partial charge is 0.507 e. The van der Waals surface area contributed by atoms with Crippen LogP contribution >= 0.6 is 22.6 Å². The summed E-state index contributed by atoms with van der Waals surface area (Å²) in [6.45, 7) is 3.36. The number of aromatic hydroxyl groups is 1. The van der Waals surface area contributed by atoms with Gasteiger partial charge in [-0.15, -0.1) is 0 Å². The predicted molar refractivity (Wildman–Crippen MR) is 55.6 cm³/mol. The Morgan fingerprint density at radius 3 is 2.58 bits per heavy atom. The summed E-state index contributed by atoms with van der Waals surface area (Å²) in [6, 6.07) is 3.31. The molecule has 1 N–H and O–H groups in total. The van der Waals surface area contributed by atoms with Crippen molar-refractivity contribution < 1.29 is 9.90 Å². The zero-order chi connectivity index (χ0) is 9.30. The number of hydrogen-bond acceptors (Lipinski definition) is 2. The molecule has 0 aliphatic heterocycles. The van der Waals surface area contributed by atoms with Gasteiger partial charge in [0.15, 0.2) is 5.78 Å². The Labute approximate surface area is 84.7 Å². The minimum atomic E-state index is -0.105. The van der Waals surface area contributed by atoms with Crippen LogP contribution in [0.15, 0.2) is 12.1 Å². The molecule has 64 valence electrons. The molecule has 12 heavy (non-hydrogen) atoms. The first-order valence-corrected chi connectivity index (χ1v) is 4.60. The number of ketones is 1. The van der Waals surface area contributed by atoms with Crippen molar-refractivity contribution in [2.75, 3.05) is 0 Å². The number of rotatable bonds is 1. The quantitative estimate of drug-likeness (QED) is 0.632. The molecular weight excluding hydrogens is 267 g/mol. The lowest BCUT2D eigenvalue weighted by Crippen LogP contribution is -1.94. The number of halogens is 1. The highest BCUT2D eigenvalue weighted by molar-refractivity contribution is 14.1. The fraction of sp³-hybridized carbons (Fsp3) is 0.222. The summed E-state index contributed by atoms with van der Waals surface area (Å²) in [5.41, 5.74) is 1.41. The highest BCUT2D eigenvalue weighted by Gasteiger charge is 2.08. The van der Waals surface area contributed by atoms with Crippen molar-refractivity contribution >= 4 is 28.4 Å². The van der Waals surface area contributed by atoms with E-state index < -0.39 is 0 Å². The molecule has 0 fully saturated rings. The van der Waals surface area contributed by atoms with Gasteiger partial charge in [0.05, 0.1) is 5.56 Å². The van der Waals surface area contributed by atoms with Crippen LogP contribution in [0.4, 0.5) is 0 Å². The van der Waals surface area contributed by atoms with Gasteiger partial charge in [-0.25, -0.2) is 0 Å². The molecular formula is C9H9IO2. The first kappa shape index (κ1) is 9.51. The van der Waals surface area contributed by atoms with Crippen LogP contribution in [0.3, 0.4) is 0 Å². The molecule has 0 bridgehead atoms. The maximum atomic E-state index is 11.0. The van der Waals surface area contributed by atoms with E-state index in [1.54, 1.807) is 12.1 Å². The molecule has 0 aliphatic carbocycles. The van der Waals surface area contributed by atoms with Crippen molar-refractivity contribution in [3.05, 3.63) is 26.8 Å². The molecule has 0 aliphatic rings. The maximum absolute atomic E-state index is 11.0. The van der Waals surface area contributed by atoms with E-state index in [1.807, 2.05) is 6.92 Å². The van der Waals surface area contributed by atoms with E-state index in [0.717, 1.165) is 9.13 Å². The van der Waals surface area contributed by atoms with E-state index in [0.29, 0.717) is 5.56 Å². The molecule has 1 aromatic carbocycles. The fourth-order valence-electron chi connectivity index (χ4n) is 0.953. The summed E-state index contributed by atoms with van der Waals surface area (Å²) in [6.07, 6.45) is 0. The van der Waals surface area contributed by atoms with Crippen molar-refractivity contribution in [2.24, 2.45) is 0 Å². The van der Waals surface area contributed by atoms with Gasteiger partial charge in [0.1, 0.15) is 5.75 Å². The van der Waals surface area contributed by atoms with Gasteiger partial charge in [0.25, 0.3) is 0 Å². The van der Waals surface area contributed by atoms with E-state index in [1.165, 1.54) is 6.92 Å². The van der Waals surface area contributed by atoms with Crippen LogP contribution in [0.2, 0.25) is 0 Å². The Morgan fingerprint density at radius 2 is 2.08 bits per heavy atom. The summed E-state index contributed by atoms with van der Waals surface area (Å²) in [5.74, 6) is -0.0375. The Hall–Kier alpha value is -0.580. The average Bonchev–Trinajstić information content (AvgIpc) is 1.96. The van der Waals surface area contributed by atoms with E-state index in [4.69, 9.17) is 0 Å². The van der Waals surface area contributed by atoms with Gasteiger partial charge in [-0.1, -0.05) is 0 Å². The lowest BCUT2D eigenvalue weighted by Gasteiger charge is -2.03. The molecule has 3 heteroatoms. The second-order valence-corrected chi connectivity index (χ2v) is 3.84. The average molecular weight is 276 g/mol. The monoisotopic (exact) mass is 276 g/mol. The molecule has 0 saturated heterocycles. The summed E-state index contributed by atoms with van der Waals surface area (Å²) in [5, 5.41) is 9.36. The van der Waals surface area contributed by atoms with Crippen LogP contribution in [0.25, 0.3) is 0 Å². The van der Waals surface area contributed by atoms with Gasteiger partial charge in [0.2, 0.25) is 0 Å². The van der Waals surface area contributed by atoms with Crippen molar-refractivity contribution in [3.63, 3.8) is 0 Å². The van der Waals surface area contributed by atoms with Gasteiger partial charge < -0.3 is 5.11 Å². The number of Topliss-reactive ketones (excluding diaryl/α,β-unsaturated/α-hetero) is 1. The van der Waals surface area contributed by atoms with Crippen LogP contribution in [-0.4, -0.2) is 10.9 Å². The topological polar surface area (TPSA) is 37.3 Å². The molecule has 1 rings (SSSR count). The lowest BCUT2D eigenvalue weighted by molar-refractivity contribution is 0.101. The highest BCUT2D eigenvalue weighted by atomic mass is 127. The molecule has 0 saturated carbocycles. The number of benzene rings is 1. The maximum Gasteiger partial charge on any atom is 0.163 e. The second kappa shape index (κ2) is 3.43. The van der Waals surface area contributed by atoms with Gasteiger partial charge >= 0.3 is 0 Å². The zero-order valence-electron chi connectivity index (χ0n) is 6.89. The third kappa shape index (κ3) is 1.77. The second-order valence-electron chi connectivity index (χ2n) is 2.67. The smallest absolute Gasteiger partial charge is 0.163 e. The van der Waals surface area contributed by atoms with Gasteiger partial charge in [-0.2, -0.15) is 0 Å². The normalized spacial score (nSPS) is 9.92. The molecule has 0 heterocycles. The molecule has 0 radical (unpaired) electrons. The first-order valence-electron chi connectivity index (χ1n) is 3.52. The fourth-order valence-corrected chi connectivity index (χ4v) is 1.40. The van der Waals surface area contributed by atoms with Crippen LogP contribution in [0, 0.1) is 10.5 Å². The van der Waals surface area contributed by atoms with E-state index in [9.17, 15) is 9.90 Å². The number of phenolic OH excluding ortho intramolecular Hbond substituents is 1. The zero-order valence-corrected chi connectivity index (χ0v) is 9.05. The molecule has 0 amide bonds. The van der Waals surface area contributed by atoms with Crippen molar-refractivity contribution in [3.8, 4) is 5.75 Å². The van der Waals surface area contributed by atoms with Gasteiger partial charge in [0, 0.05) is 3.57 Å². The molecule has 0 atom stereocenters. The molecule has 1 aromatic rings. The van der Waals surface area contributed by atoms with E-state index >= 15 is 0 Å². The molecule has 0 aromatic heterocycles. The highest BCUT2D eigenvalue weighted by Crippen LogP contribution is 2.23. The summed E-state index contributed by atoms with van der Waals surface area (Å²) in [4.78, 5) is 11.0. The summed E-state index contributed by atoms with van der Waals surface area (Å²) < 4.78 is 0.968. The Bertz CT molecular complexity index is 332. The SMILES string of the molecule is CC(=O)c1cc(C)c(I)cc1O. The van der Waals surface area contributed by atoms with Crippen LogP contribution in [0.1, 0.15) is 22.8 Å². The standard InChI is InChI=1S/C9H9IO2/c1-5-3-7(6(2)11)9(12)4-8(5)10/h3-4,12H,1-2H3. The number of aryl methyl sites for hydroxylation is 1. The van der Waals surface area contributed by atoms with Crippen LogP contribution < -0.4 is 0 Å². The number of phenols is 1. The Balaban J connectivity index is 3.33. The van der Waals surface area contributed by atoms with Crippen molar-refractivity contribution in [1.82, 2.24) is 0 Å². The molecule has 0 unspecified atom stereocenters. The predicted octanol–water partition coefficient (Wildman–Crippen LogP) is 2.51. The number of hydrogen-bond donors (Lipinski definition) is 1. The number of carbonyl (C=O) groups excluding carboxylic acids is 1. The minimum absolute atomic E-state index is 0.0671. The minimum Gasteiger partial charge on any atom is -0.507 e. The lowest BCUT2D eigenvalue weighted by atomic mass is 10.1. The Morgan fingerprint density at radius 1 is 1.50 bits per heavy atom. The van der Waals surface area contributed by atoms with Crippen molar-refractivity contribution in [2.45, 2.75) is 13.8 Å². The van der Waals surface area contributed by atoms with Crippen molar-refractivity contribution in [1.29, 1.82) is 0 Å². The van der Waals surface area contributed by atoms with E-state index in [-0.39, 0.29) is 11.5 Å². The molecule has 2 nitrogen and oxygen atoms in total. The van der Waals surface area contributed by atoms with Crippen LogP contribution in [-0.2, 0) is 0 Å². The summed E-state index contributed by atoms with van der Waals surface area (Å²) >= 11 is 2.12. The van der Waals surface area contributed by atoms with E-state index in [2.05, 4.69) is 22.6 Å². The molecule has 0 spiro atoms.